The molecule has 0 bridgehead atoms. The molecule has 0 radical (unpaired) electrons. The average molecular weight is 457 g/mol. The maximum absolute atomic E-state index is 13.6. The van der Waals surface area contributed by atoms with Crippen LogP contribution in [0.15, 0.2) is 48.5 Å². The van der Waals surface area contributed by atoms with Gasteiger partial charge in [-0.1, -0.05) is 43.2 Å². The Morgan fingerprint density at radius 2 is 1.53 bits per heavy atom. The third kappa shape index (κ3) is 3.79. The van der Waals surface area contributed by atoms with Crippen LogP contribution < -0.4 is 4.90 Å². The van der Waals surface area contributed by atoms with Gasteiger partial charge in [0.05, 0.1) is 17.0 Å². The molecule has 3 heterocycles. The number of amides is 2. The minimum absolute atomic E-state index is 0.153. The zero-order valence-corrected chi connectivity index (χ0v) is 19.6. The molecule has 6 nitrogen and oxygen atoms in total. The van der Waals surface area contributed by atoms with E-state index in [1.165, 1.54) is 5.56 Å². The van der Waals surface area contributed by atoms with Crippen molar-refractivity contribution in [1.29, 1.82) is 0 Å². The van der Waals surface area contributed by atoms with Gasteiger partial charge in [-0.05, 0) is 55.9 Å². The number of piperidine rings is 1. The van der Waals surface area contributed by atoms with Crippen LogP contribution in [-0.4, -0.2) is 46.3 Å². The number of likely N-dealkylation sites (tertiary alicyclic amines) is 1. The Morgan fingerprint density at radius 1 is 0.824 bits per heavy atom. The number of imidazole rings is 1. The van der Waals surface area contributed by atoms with E-state index in [-0.39, 0.29) is 23.7 Å². The number of aromatic amines is 1. The first-order chi connectivity index (χ1) is 16.7. The number of hydrogen-bond donors (Lipinski definition) is 1. The number of benzene rings is 2. The molecule has 1 aromatic heterocycles. The van der Waals surface area contributed by atoms with Crippen molar-refractivity contribution in [2.75, 3.05) is 24.5 Å². The summed E-state index contributed by atoms with van der Waals surface area (Å²) in [7, 11) is 0. The third-order valence-electron chi connectivity index (χ3n) is 8.15. The van der Waals surface area contributed by atoms with Crippen molar-refractivity contribution >= 4 is 28.5 Å². The predicted octanol–water partition coefficient (Wildman–Crippen LogP) is 4.66. The summed E-state index contributed by atoms with van der Waals surface area (Å²) in [4.78, 5) is 39.5. The fourth-order valence-corrected chi connectivity index (χ4v) is 6.26. The van der Waals surface area contributed by atoms with Gasteiger partial charge in [-0.3, -0.25) is 9.59 Å². The van der Waals surface area contributed by atoms with E-state index in [9.17, 15) is 9.59 Å². The van der Waals surface area contributed by atoms with Crippen LogP contribution in [0.1, 0.15) is 55.8 Å². The summed E-state index contributed by atoms with van der Waals surface area (Å²) in [5.74, 6) is 1.35. The number of aromatic nitrogens is 2. The van der Waals surface area contributed by atoms with Gasteiger partial charge in [0, 0.05) is 37.2 Å². The molecule has 2 atom stereocenters. The van der Waals surface area contributed by atoms with E-state index in [2.05, 4.69) is 17.1 Å². The Balaban J connectivity index is 1.13. The zero-order chi connectivity index (χ0) is 23.1. The number of anilines is 1. The number of rotatable bonds is 3. The van der Waals surface area contributed by atoms with Gasteiger partial charge in [0.25, 0.3) is 0 Å². The molecule has 6 heteroatoms. The fourth-order valence-electron chi connectivity index (χ4n) is 6.26. The van der Waals surface area contributed by atoms with Gasteiger partial charge >= 0.3 is 0 Å². The van der Waals surface area contributed by atoms with Gasteiger partial charge in [-0.15, -0.1) is 0 Å². The second-order valence-corrected chi connectivity index (χ2v) is 10.1. The smallest absolute Gasteiger partial charge is 0.230 e. The molecule has 2 amide bonds. The van der Waals surface area contributed by atoms with Crippen LogP contribution in [0.2, 0.25) is 0 Å². The number of H-pyrrole nitrogens is 1. The Kier molecular flexibility index (Phi) is 5.60. The lowest BCUT2D eigenvalue weighted by Gasteiger charge is -2.38. The molecule has 34 heavy (non-hydrogen) atoms. The van der Waals surface area contributed by atoms with Gasteiger partial charge in [-0.25, -0.2) is 4.98 Å². The summed E-state index contributed by atoms with van der Waals surface area (Å²) < 4.78 is 0. The Morgan fingerprint density at radius 3 is 2.32 bits per heavy atom. The normalized spacial score (nSPS) is 23.3. The zero-order valence-electron chi connectivity index (χ0n) is 19.6. The second kappa shape index (κ2) is 8.90. The lowest BCUT2D eigenvalue weighted by atomic mass is 9.77. The van der Waals surface area contributed by atoms with Crippen LogP contribution in [-0.2, 0) is 16.0 Å². The third-order valence-corrected chi connectivity index (χ3v) is 8.15. The molecule has 0 unspecified atom stereocenters. The van der Waals surface area contributed by atoms with E-state index in [1.54, 1.807) is 0 Å². The van der Waals surface area contributed by atoms with Crippen LogP contribution in [0.4, 0.5) is 5.69 Å². The number of hydrogen-bond acceptors (Lipinski definition) is 3. The number of carbonyl (C=O) groups excluding carboxylic acids is 2. The van der Waals surface area contributed by atoms with Gasteiger partial charge in [0.2, 0.25) is 11.8 Å². The predicted molar refractivity (Wildman–Crippen MR) is 133 cm³/mol. The van der Waals surface area contributed by atoms with Gasteiger partial charge in [0.15, 0.2) is 0 Å². The van der Waals surface area contributed by atoms with E-state index in [1.807, 2.05) is 46.2 Å². The Bertz CT molecular complexity index is 1180. The topological polar surface area (TPSA) is 69.3 Å². The SMILES string of the molecule is O=C([C@H]1CCCC[C@H]1C(=O)N1CCc2ccccc21)N1CCC(c2nc3ccccc3[nH]2)CC1. The molecule has 1 aliphatic carbocycles. The Hall–Kier alpha value is -3.15. The number of nitrogens with one attached hydrogen (secondary N) is 1. The van der Waals surface area contributed by atoms with E-state index in [0.717, 1.165) is 87.1 Å². The minimum atomic E-state index is -0.194. The second-order valence-electron chi connectivity index (χ2n) is 10.1. The molecule has 176 valence electrons. The van der Waals surface area contributed by atoms with E-state index >= 15 is 0 Å². The largest absolute Gasteiger partial charge is 0.342 e. The summed E-state index contributed by atoms with van der Waals surface area (Å²) >= 11 is 0. The monoisotopic (exact) mass is 456 g/mol. The molecule has 6 rings (SSSR count). The highest BCUT2D eigenvalue weighted by Gasteiger charge is 2.41. The highest BCUT2D eigenvalue weighted by Crippen LogP contribution is 2.37. The first kappa shape index (κ1) is 21.4. The van der Waals surface area contributed by atoms with Gasteiger partial charge in [-0.2, -0.15) is 0 Å². The van der Waals surface area contributed by atoms with Crippen molar-refractivity contribution in [1.82, 2.24) is 14.9 Å². The molecule has 2 aliphatic heterocycles. The van der Waals surface area contributed by atoms with Crippen LogP contribution in [0, 0.1) is 11.8 Å². The first-order valence-corrected chi connectivity index (χ1v) is 12.8. The molecule has 1 saturated heterocycles. The lowest BCUT2D eigenvalue weighted by Crippen LogP contribution is -2.48. The van der Waals surface area contributed by atoms with Crippen molar-refractivity contribution in [2.24, 2.45) is 11.8 Å². The highest BCUT2D eigenvalue weighted by atomic mass is 16.2. The Labute approximate surface area is 200 Å². The number of nitrogens with zero attached hydrogens (tertiary/aromatic N) is 3. The maximum Gasteiger partial charge on any atom is 0.230 e. The van der Waals surface area contributed by atoms with Crippen molar-refractivity contribution in [3.63, 3.8) is 0 Å². The van der Waals surface area contributed by atoms with Crippen molar-refractivity contribution < 1.29 is 9.59 Å². The molecule has 2 fully saturated rings. The van der Waals surface area contributed by atoms with E-state index in [4.69, 9.17) is 4.98 Å². The van der Waals surface area contributed by atoms with Crippen molar-refractivity contribution in [3.05, 3.63) is 59.9 Å². The number of para-hydroxylation sites is 3. The van der Waals surface area contributed by atoms with Crippen LogP contribution in [0.25, 0.3) is 11.0 Å². The molecular weight excluding hydrogens is 424 g/mol. The van der Waals surface area contributed by atoms with Crippen LogP contribution in [0.5, 0.6) is 0 Å². The van der Waals surface area contributed by atoms with E-state index < -0.39 is 0 Å². The van der Waals surface area contributed by atoms with Gasteiger partial charge < -0.3 is 14.8 Å². The van der Waals surface area contributed by atoms with Gasteiger partial charge in [0.1, 0.15) is 5.82 Å². The molecule has 3 aliphatic rings. The fraction of sp³-hybridized carbons (Fsp3) is 0.464. The van der Waals surface area contributed by atoms with Crippen molar-refractivity contribution in [2.45, 2.75) is 50.9 Å². The molecule has 1 saturated carbocycles. The summed E-state index contributed by atoms with van der Waals surface area (Å²) in [5.41, 5.74) is 4.35. The summed E-state index contributed by atoms with van der Waals surface area (Å²) in [5, 5.41) is 0. The standard InChI is InChI=1S/C28H32N4O2/c33-27(31-16-13-20(14-17-31)26-29-23-10-4-5-11-24(23)30-26)21-8-2-3-9-22(21)28(34)32-18-15-19-7-1-6-12-25(19)32/h1,4-7,10-12,20-22H,2-3,8-9,13-18H2,(H,29,30)/t21-,22+/m0/s1. The molecular formula is C28H32N4O2. The molecule has 3 aromatic rings. The van der Waals surface area contributed by atoms with Crippen LogP contribution in [0.3, 0.4) is 0 Å². The van der Waals surface area contributed by atoms with E-state index in [0.29, 0.717) is 5.92 Å². The summed E-state index contributed by atoms with van der Waals surface area (Å²) in [6, 6.07) is 16.3. The van der Waals surface area contributed by atoms with Crippen LogP contribution >= 0.6 is 0 Å². The summed E-state index contributed by atoms with van der Waals surface area (Å²) in [6.45, 7) is 2.22. The first-order valence-electron chi connectivity index (χ1n) is 12.8. The molecule has 2 aromatic carbocycles. The quantitative estimate of drug-likeness (QED) is 0.623. The number of carbonyl (C=O) groups is 2. The average Bonchev–Trinajstić information content (AvgIpc) is 3.52. The summed E-state index contributed by atoms with van der Waals surface area (Å²) in [6.07, 6.45) is 6.45. The maximum atomic E-state index is 13.6. The lowest BCUT2D eigenvalue weighted by molar-refractivity contribution is -0.143. The van der Waals surface area contributed by atoms with Crippen molar-refractivity contribution in [3.8, 4) is 0 Å². The number of fused-ring (bicyclic) bond motifs is 2. The highest BCUT2D eigenvalue weighted by molar-refractivity contribution is 5.99. The molecule has 0 spiro atoms. The minimum Gasteiger partial charge on any atom is -0.342 e. The molecule has 1 N–H and O–H groups in total.